The molecule has 0 aliphatic carbocycles. The zero-order chi connectivity index (χ0) is 15.7. The van der Waals surface area contributed by atoms with Crippen LogP contribution in [0.25, 0.3) is 0 Å². The molecule has 0 N–H and O–H groups in total. The Morgan fingerprint density at radius 3 is 2.82 bits per heavy atom. The van der Waals surface area contributed by atoms with Crippen molar-refractivity contribution in [1.29, 1.82) is 0 Å². The van der Waals surface area contributed by atoms with Crippen LogP contribution in [0.1, 0.15) is 34.9 Å². The Kier molecular flexibility index (Phi) is 4.41. The summed E-state index contributed by atoms with van der Waals surface area (Å²) < 4.78 is 2.03. The number of rotatable bonds is 2. The monoisotopic (exact) mass is 337 g/mol. The maximum atomic E-state index is 12.7. The van der Waals surface area contributed by atoms with E-state index in [1.54, 1.807) is 24.4 Å². The quantitative estimate of drug-likeness (QED) is 0.836. The van der Waals surface area contributed by atoms with Gasteiger partial charge in [-0.1, -0.05) is 23.2 Å². The van der Waals surface area contributed by atoms with E-state index in [0.29, 0.717) is 22.2 Å². The van der Waals surface area contributed by atoms with Gasteiger partial charge < -0.3 is 9.47 Å². The number of aromatic nitrogens is 2. The van der Waals surface area contributed by atoms with Crippen molar-refractivity contribution in [3.05, 3.63) is 52.0 Å². The van der Waals surface area contributed by atoms with Gasteiger partial charge in [-0.15, -0.1) is 0 Å². The van der Waals surface area contributed by atoms with Crippen LogP contribution >= 0.6 is 23.2 Å². The summed E-state index contributed by atoms with van der Waals surface area (Å²) in [5.74, 6) is 1.31. The highest BCUT2D eigenvalue weighted by atomic mass is 35.5. The lowest BCUT2D eigenvalue weighted by Gasteiger charge is -2.32. The fourth-order valence-corrected chi connectivity index (χ4v) is 3.25. The van der Waals surface area contributed by atoms with Gasteiger partial charge in [-0.3, -0.25) is 4.79 Å². The number of amides is 1. The number of aryl methyl sites for hydroxylation is 1. The van der Waals surface area contributed by atoms with Crippen LogP contribution < -0.4 is 0 Å². The SMILES string of the molecule is Cn1ccnc1C1CCCN(C(=O)c2ccc(Cl)c(Cl)c2)C1. The Bertz CT molecular complexity index is 698. The molecule has 1 unspecified atom stereocenters. The molecule has 22 heavy (non-hydrogen) atoms. The second-order valence-electron chi connectivity index (χ2n) is 5.62. The highest BCUT2D eigenvalue weighted by Gasteiger charge is 2.27. The second kappa shape index (κ2) is 6.31. The van der Waals surface area contributed by atoms with Gasteiger partial charge in [0, 0.05) is 44.0 Å². The van der Waals surface area contributed by atoms with Crippen LogP contribution in [0, 0.1) is 0 Å². The van der Waals surface area contributed by atoms with E-state index in [9.17, 15) is 4.79 Å². The Morgan fingerprint density at radius 2 is 2.14 bits per heavy atom. The van der Waals surface area contributed by atoms with E-state index < -0.39 is 0 Å². The minimum absolute atomic E-state index is 0.00234. The first-order valence-corrected chi connectivity index (χ1v) is 8.03. The third kappa shape index (κ3) is 2.99. The first-order chi connectivity index (χ1) is 10.6. The average Bonchev–Trinajstić information content (AvgIpc) is 2.95. The fourth-order valence-electron chi connectivity index (χ4n) is 2.95. The molecule has 0 radical (unpaired) electrons. The Morgan fingerprint density at radius 1 is 1.32 bits per heavy atom. The lowest BCUT2D eigenvalue weighted by Crippen LogP contribution is -2.39. The number of imidazole rings is 1. The van der Waals surface area contributed by atoms with Crippen LogP contribution in [-0.4, -0.2) is 33.4 Å². The van der Waals surface area contributed by atoms with E-state index in [1.807, 2.05) is 22.7 Å². The Balaban J connectivity index is 1.78. The number of piperidine rings is 1. The van der Waals surface area contributed by atoms with Crippen molar-refractivity contribution in [1.82, 2.24) is 14.5 Å². The summed E-state index contributed by atoms with van der Waals surface area (Å²) >= 11 is 11.9. The van der Waals surface area contributed by atoms with Gasteiger partial charge in [0.05, 0.1) is 10.0 Å². The summed E-state index contributed by atoms with van der Waals surface area (Å²) in [4.78, 5) is 19.0. The topological polar surface area (TPSA) is 38.1 Å². The molecule has 1 saturated heterocycles. The lowest BCUT2D eigenvalue weighted by molar-refractivity contribution is 0.0703. The van der Waals surface area contributed by atoms with Crippen molar-refractivity contribution in [2.24, 2.45) is 7.05 Å². The normalized spacial score (nSPS) is 18.5. The molecule has 2 aromatic rings. The molecule has 1 aromatic heterocycles. The van der Waals surface area contributed by atoms with Gasteiger partial charge in [0.2, 0.25) is 0 Å². The van der Waals surface area contributed by atoms with Crippen LogP contribution in [0.5, 0.6) is 0 Å². The van der Waals surface area contributed by atoms with Gasteiger partial charge >= 0.3 is 0 Å². The molecule has 1 aliphatic heterocycles. The van der Waals surface area contributed by atoms with Gasteiger partial charge in [0.15, 0.2) is 0 Å². The highest BCUT2D eigenvalue weighted by Crippen LogP contribution is 2.28. The Labute approximate surface area is 139 Å². The van der Waals surface area contributed by atoms with Crippen molar-refractivity contribution in [2.45, 2.75) is 18.8 Å². The molecule has 1 aromatic carbocycles. The molecular weight excluding hydrogens is 321 g/mol. The highest BCUT2D eigenvalue weighted by molar-refractivity contribution is 6.42. The zero-order valence-corrected chi connectivity index (χ0v) is 13.8. The molecule has 0 saturated carbocycles. The summed E-state index contributed by atoms with van der Waals surface area (Å²) in [6.07, 6.45) is 5.77. The molecule has 4 nitrogen and oxygen atoms in total. The molecule has 6 heteroatoms. The molecule has 116 valence electrons. The molecular formula is C16H17Cl2N3O. The van der Waals surface area contributed by atoms with Gasteiger partial charge in [-0.2, -0.15) is 0 Å². The second-order valence-corrected chi connectivity index (χ2v) is 6.43. The minimum atomic E-state index is -0.00234. The molecule has 2 heterocycles. The maximum absolute atomic E-state index is 12.7. The van der Waals surface area contributed by atoms with E-state index in [2.05, 4.69) is 4.98 Å². The summed E-state index contributed by atoms with van der Waals surface area (Å²) in [5.41, 5.74) is 0.579. The van der Waals surface area contributed by atoms with E-state index in [0.717, 1.165) is 25.2 Å². The van der Waals surface area contributed by atoms with E-state index in [4.69, 9.17) is 23.2 Å². The zero-order valence-electron chi connectivity index (χ0n) is 12.3. The first-order valence-electron chi connectivity index (χ1n) is 7.28. The molecule has 1 atom stereocenters. The standard InChI is InChI=1S/C16H17Cl2N3O/c1-20-8-6-19-15(20)12-3-2-7-21(10-12)16(22)11-4-5-13(17)14(18)9-11/h4-6,8-9,12H,2-3,7,10H2,1H3. The van der Waals surface area contributed by atoms with Crippen molar-refractivity contribution < 1.29 is 4.79 Å². The number of hydrogen-bond acceptors (Lipinski definition) is 2. The average molecular weight is 338 g/mol. The minimum Gasteiger partial charge on any atom is -0.338 e. The maximum Gasteiger partial charge on any atom is 0.253 e. The largest absolute Gasteiger partial charge is 0.338 e. The van der Waals surface area contributed by atoms with Crippen molar-refractivity contribution in [2.75, 3.05) is 13.1 Å². The van der Waals surface area contributed by atoms with E-state index in [1.165, 1.54) is 0 Å². The summed E-state index contributed by atoms with van der Waals surface area (Å²) in [6, 6.07) is 5.02. The lowest BCUT2D eigenvalue weighted by atomic mass is 9.96. The third-order valence-electron chi connectivity index (χ3n) is 4.10. The number of halogens is 2. The number of carbonyl (C=O) groups is 1. The van der Waals surface area contributed by atoms with Gasteiger partial charge in [0.1, 0.15) is 5.82 Å². The molecule has 1 aliphatic rings. The summed E-state index contributed by atoms with van der Waals surface area (Å²) in [5, 5.41) is 0.868. The molecule has 0 spiro atoms. The van der Waals surface area contributed by atoms with Gasteiger partial charge in [-0.05, 0) is 31.0 Å². The number of nitrogens with zero attached hydrogens (tertiary/aromatic N) is 3. The van der Waals surface area contributed by atoms with Gasteiger partial charge in [-0.25, -0.2) is 4.98 Å². The van der Waals surface area contributed by atoms with Crippen LogP contribution in [0.4, 0.5) is 0 Å². The molecule has 1 amide bonds. The van der Waals surface area contributed by atoms with Crippen LogP contribution in [0.15, 0.2) is 30.6 Å². The number of hydrogen-bond donors (Lipinski definition) is 0. The number of benzene rings is 1. The summed E-state index contributed by atoms with van der Waals surface area (Å²) in [6.45, 7) is 1.45. The molecule has 3 rings (SSSR count). The molecule has 0 bridgehead atoms. The number of likely N-dealkylation sites (tertiary alicyclic amines) is 1. The first kappa shape index (κ1) is 15.4. The predicted molar refractivity (Wildman–Crippen MR) is 87.5 cm³/mol. The fraction of sp³-hybridized carbons (Fsp3) is 0.375. The Hall–Kier alpha value is -1.52. The van der Waals surface area contributed by atoms with E-state index in [-0.39, 0.29) is 11.8 Å². The van der Waals surface area contributed by atoms with Gasteiger partial charge in [0.25, 0.3) is 5.91 Å². The van der Waals surface area contributed by atoms with Crippen molar-refractivity contribution >= 4 is 29.1 Å². The van der Waals surface area contributed by atoms with Crippen LogP contribution in [-0.2, 0) is 7.05 Å². The molecule has 1 fully saturated rings. The van der Waals surface area contributed by atoms with Crippen molar-refractivity contribution in [3.63, 3.8) is 0 Å². The smallest absolute Gasteiger partial charge is 0.253 e. The van der Waals surface area contributed by atoms with E-state index >= 15 is 0 Å². The number of carbonyl (C=O) groups excluding carboxylic acids is 1. The summed E-state index contributed by atoms with van der Waals surface area (Å²) in [7, 11) is 1.99. The van der Waals surface area contributed by atoms with Crippen LogP contribution in [0.3, 0.4) is 0 Å². The predicted octanol–water partition coefficient (Wildman–Crippen LogP) is 3.75. The third-order valence-corrected chi connectivity index (χ3v) is 4.84. The van der Waals surface area contributed by atoms with Crippen LogP contribution in [0.2, 0.25) is 10.0 Å². The van der Waals surface area contributed by atoms with Crippen molar-refractivity contribution in [3.8, 4) is 0 Å².